The molecule has 2 heteroatoms. The summed E-state index contributed by atoms with van der Waals surface area (Å²) in [5.41, 5.74) is 1.49. The van der Waals surface area contributed by atoms with E-state index in [-0.39, 0.29) is 17.0 Å². The minimum atomic E-state index is 0. The van der Waals surface area contributed by atoms with Crippen molar-refractivity contribution in [1.82, 2.24) is 0 Å². The van der Waals surface area contributed by atoms with Crippen LogP contribution in [-0.4, -0.2) is 5.16 Å². The monoisotopic (exact) mass is 428 g/mol. The molecule has 1 aromatic carbocycles. The van der Waals surface area contributed by atoms with Crippen LogP contribution in [0.4, 0.5) is 0 Å². The Morgan fingerprint density at radius 3 is 1.76 bits per heavy atom. The molecule has 0 amide bonds. The Labute approximate surface area is 170 Å². The summed E-state index contributed by atoms with van der Waals surface area (Å²) in [6.45, 7) is 7.05. The number of benzene rings is 1. The number of unbranched alkanes of at least 4 members (excludes halogenated alkanes) is 9. The van der Waals surface area contributed by atoms with Gasteiger partial charge in [0.05, 0.1) is 0 Å². The molecule has 1 aromatic rings. The minimum Gasteiger partial charge on any atom is -0.131 e. The molecule has 0 aliphatic carbocycles. The second kappa shape index (κ2) is 15.2. The van der Waals surface area contributed by atoms with E-state index in [1.54, 1.807) is 0 Å². The number of hydrogen-bond donors (Lipinski definition) is 0. The zero-order valence-corrected chi connectivity index (χ0v) is 19.8. The van der Waals surface area contributed by atoms with E-state index in [2.05, 4.69) is 60.3 Å². The molecule has 0 heterocycles. The molecule has 0 aromatic heterocycles. The van der Waals surface area contributed by atoms with Gasteiger partial charge in [0.2, 0.25) is 0 Å². The third-order valence-electron chi connectivity index (χ3n) is 5.28. The first-order valence-corrected chi connectivity index (χ1v) is 10.9. The van der Waals surface area contributed by atoms with Crippen LogP contribution in [0.5, 0.6) is 0 Å². The molecule has 0 saturated carbocycles. The Morgan fingerprint density at radius 1 is 0.800 bits per heavy atom. The second-order valence-corrected chi connectivity index (χ2v) is 9.67. The van der Waals surface area contributed by atoms with Gasteiger partial charge in [0.25, 0.3) is 0 Å². The van der Waals surface area contributed by atoms with Gasteiger partial charge >= 0.3 is 0 Å². The van der Waals surface area contributed by atoms with Crippen LogP contribution in [0.2, 0.25) is 0 Å². The fraction of sp³-hybridized carbons (Fsp3) is 0.739. The van der Waals surface area contributed by atoms with Gasteiger partial charge in [0.15, 0.2) is 0 Å². The van der Waals surface area contributed by atoms with Gasteiger partial charge in [0, 0.05) is 0 Å². The first kappa shape index (κ1) is 25.1. The quantitative estimate of drug-likeness (QED) is 0.206. The lowest BCUT2D eigenvalue weighted by Crippen LogP contribution is -2.26. The summed E-state index contributed by atoms with van der Waals surface area (Å²) in [5, 5.41) is 0.328. The van der Waals surface area contributed by atoms with Crippen LogP contribution in [0.15, 0.2) is 30.3 Å². The molecule has 146 valence electrons. The van der Waals surface area contributed by atoms with Crippen LogP contribution in [0, 0.1) is 5.92 Å². The normalized spacial score (nSPS) is 12.6. The SMILES string of the molecule is Br.CCCCCCCCCCCCC(Cc1ccccc1)C(C)(C)P. The molecule has 0 radical (unpaired) electrons. The number of rotatable bonds is 14. The maximum Gasteiger partial charge on any atom is -0.0175 e. The van der Waals surface area contributed by atoms with Crippen molar-refractivity contribution in [3.8, 4) is 0 Å². The molecule has 0 aliphatic rings. The Hall–Kier alpha value is 0.130. The van der Waals surface area contributed by atoms with Crippen molar-refractivity contribution in [2.24, 2.45) is 5.92 Å². The highest BCUT2D eigenvalue weighted by Crippen LogP contribution is 2.33. The summed E-state index contributed by atoms with van der Waals surface area (Å²) >= 11 is 0. The maximum absolute atomic E-state index is 3.09. The van der Waals surface area contributed by atoms with Crippen LogP contribution in [-0.2, 0) is 6.42 Å². The predicted octanol–water partition coefficient (Wildman–Crippen LogP) is 8.39. The third-order valence-corrected chi connectivity index (χ3v) is 5.75. The van der Waals surface area contributed by atoms with Gasteiger partial charge in [-0.25, -0.2) is 0 Å². The fourth-order valence-electron chi connectivity index (χ4n) is 3.51. The van der Waals surface area contributed by atoms with E-state index in [4.69, 9.17) is 0 Å². The summed E-state index contributed by atoms with van der Waals surface area (Å²) in [5.74, 6) is 0.763. The van der Waals surface area contributed by atoms with Crippen molar-refractivity contribution in [2.75, 3.05) is 0 Å². The molecule has 2 atom stereocenters. The summed E-state index contributed by atoms with van der Waals surface area (Å²) < 4.78 is 0. The molecule has 2 unspecified atom stereocenters. The zero-order chi connectivity index (χ0) is 17.7. The highest BCUT2D eigenvalue weighted by atomic mass is 79.9. The van der Waals surface area contributed by atoms with Gasteiger partial charge < -0.3 is 0 Å². The lowest BCUT2D eigenvalue weighted by atomic mass is 9.84. The second-order valence-electron chi connectivity index (χ2n) is 8.18. The van der Waals surface area contributed by atoms with Crippen molar-refractivity contribution in [1.29, 1.82) is 0 Å². The highest BCUT2D eigenvalue weighted by Gasteiger charge is 2.24. The van der Waals surface area contributed by atoms with E-state index in [1.165, 1.54) is 82.6 Å². The van der Waals surface area contributed by atoms with E-state index >= 15 is 0 Å². The Kier molecular flexibility index (Phi) is 15.3. The van der Waals surface area contributed by atoms with Crippen LogP contribution in [0.3, 0.4) is 0 Å². The maximum atomic E-state index is 3.09. The average molecular weight is 429 g/mol. The Morgan fingerprint density at radius 2 is 1.28 bits per heavy atom. The molecule has 0 aliphatic heterocycles. The van der Waals surface area contributed by atoms with Crippen molar-refractivity contribution in [3.63, 3.8) is 0 Å². The number of hydrogen-bond acceptors (Lipinski definition) is 0. The molecule has 0 N–H and O–H groups in total. The van der Waals surface area contributed by atoms with Crippen LogP contribution < -0.4 is 0 Å². The van der Waals surface area contributed by atoms with Crippen molar-refractivity contribution >= 4 is 26.2 Å². The van der Waals surface area contributed by atoms with Crippen molar-refractivity contribution in [2.45, 2.75) is 103 Å². The van der Waals surface area contributed by atoms with E-state index in [9.17, 15) is 0 Å². The molecule has 0 nitrogen and oxygen atoms in total. The first-order valence-electron chi connectivity index (χ1n) is 10.4. The zero-order valence-electron chi connectivity index (χ0n) is 16.9. The fourth-order valence-corrected chi connectivity index (χ4v) is 3.80. The molecule has 0 saturated heterocycles. The van der Waals surface area contributed by atoms with Crippen molar-refractivity contribution in [3.05, 3.63) is 35.9 Å². The molecule has 0 bridgehead atoms. The van der Waals surface area contributed by atoms with Gasteiger partial charge in [-0.15, -0.1) is 26.2 Å². The average Bonchev–Trinajstić information content (AvgIpc) is 2.55. The standard InChI is InChI=1S/C23H41P.BrH/c1-4-5-6-7-8-9-10-11-12-16-19-22(23(2,3)24)20-21-17-14-13-15-18-21;/h13-15,17-18,22H,4-12,16,19-20,24H2,1-3H3;1H. The predicted molar refractivity (Wildman–Crippen MR) is 124 cm³/mol. The Bertz CT molecular complexity index is 396. The lowest BCUT2D eigenvalue weighted by molar-refractivity contribution is 0.373. The highest BCUT2D eigenvalue weighted by molar-refractivity contribution is 8.93. The molecule has 1 rings (SSSR count). The van der Waals surface area contributed by atoms with E-state index in [0.717, 1.165) is 5.92 Å². The summed E-state index contributed by atoms with van der Waals surface area (Å²) in [6.07, 6.45) is 16.9. The van der Waals surface area contributed by atoms with Gasteiger partial charge in [-0.1, -0.05) is 115 Å². The van der Waals surface area contributed by atoms with Gasteiger partial charge in [0.1, 0.15) is 0 Å². The summed E-state index contributed by atoms with van der Waals surface area (Å²) in [7, 11) is 3.09. The van der Waals surface area contributed by atoms with Gasteiger partial charge in [-0.05, 0) is 29.5 Å². The largest absolute Gasteiger partial charge is 0.131 e. The van der Waals surface area contributed by atoms with Crippen LogP contribution in [0.1, 0.15) is 97.0 Å². The summed E-state index contributed by atoms with van der Waals surface area (Å²) in [6, 6.07) is 11.0. The smallest absolute Gasteiger partial charge is 0.0175 e. The molecular formula is C23H42BrP. The van der Waals surface area contributed by atoms with Gasteiger partial charge in [-0.2, -0.15) is 0 Å². The molecular weight excluding hydrogens is 387 g/mol. The van der Waals surface area contributed by atoms with Crippen LogP contribution >= 0.6 is 26.2 Å². The van der Waals surface area contributed by atoms with Gasteiger partial charge in [-0.3, -0.25) is 0 Å². The minimum absolute atomic E-state index is 0. The molecule has 0 spiro atoms. The topological polar surface area (TPSA) is 0 Å². The first-order chi connectivity index (χ1) is 11.5. The lowest BCUT2D eigenvalue weighted by Gasteiger charge is -2.31. The van der Waals surface area contributed by atoms with Crippen molar-refractivity contribution < 1.29 is 0 Å². The Balaban J connectivity index is 0.00000576. The van der Waals surface area contributed by atoms with E-state index < -0.39 is 0 Å². The van der Waals surface area contributed by atoms with E-state index in [1.807, 2.05) is 0 Å². The van der Waals surface area contributed by atoms with E-state index in [0.29, 0.717) is 5.16 Å². The summed E-state index contributed by atoms with van der Waals surface area (Å²) in [4.78, 5) is 0. The molecule has 0 fully saturated rings. The third kappa shape index (κ3) is 13.0. The molecule has 25 heavy (non-hydrogen) atoms. The van der Waals surface area contributed by atoms with Crippen LogP contribution in [0.25, 0.3) is 0 Å². The number of halogens is 1.